The number of hydrogen-bond donors (Lipinski definition) is 2. The minimum atomic E-state index is -2.43. The van der Waals surface area contributed by atoms with E-state index in [-0.39, 0.29) is 36.3 Å². The molecule has 2 saturated heterocycles. The fourth-order valence-electron chi connectivity index (χ4n) is 5.20. The van der Waals surface area contributed by atoms with Crippen LogP contribution in [-0.4, -0.2) is 60.4 Å². The van der Waals surface area contributed by atoms with Crippen molar-refractivity contribution in [1.82, 2.24) is 4.90 Å². The van der Waals surface area contributed by atoms with Crippen LogP contribution in [0.15, 0.2) is 0 Å². The molecule has 0 aliphatic carbocycles. The number of amides is 1. The summed E-state index contributed by atoms with van der Waals surface area (Å²) in [7, 11) is -2.43. The molecule has 6 heteroatoms. The molecule has 0 aromatic carbocycles. The summed E-state index contributed by atoms with van der Waals surface area (Å²) in [6, 6.07) is -0.0384. The fourth-order valence-corrected chi connectivity index (χ4v) is 7.81. The van der Waals surface area contributed by atoms with Crippen molar-refractivity contribution in [3.05, 3.63) is 0 Å². The zero-order valence-electron chi connectivity index (χ0n) is 17.8. The topological polar surface area (TPSA) is 70.0 Å². The lowest BCUT2D eigenvalue weighted by atomic mass is 9.95. The third kappa shape index (κ3) is 6.02. The van der Waals surface area contributed by atoms with Crippen molar-refractivity contribution < 1.29 is 19.4 Å². The first kappa shape index (κ1) is 22.9. The molecule has 0 aromatic rings. The number of aliphatic hydroxyl groups is 1. The number of carbonyl (C=O) groups excluding carboxylic acids is 1. The maximum absolute atomic E-state index is 12.9. The van der Waals surface area contributed by atoms with Gasteiger partial charge in [0.2, 0.25) is 5.91 Å². The van der Waals surface area contributed by atoms with E-state index < -0.39 is 8.32 Å². The van der Waals surface area contributed by atoms with E-state index in [1.54, 1.807) is 0 Å². The van der Waals surface area contributed by atoms with Gasteiger partial charge in [-0.2, -0.15) is 0 Å². The molecule has 0 radical (unpaired) electrons. The summed E-state index contributed by atoms with van der Waals surface area (Å²) in [4.78, 5) is 25.6. The Bertz CT molecular complexity index is 468. The molecule has 2 aliphatic rings. The highest BCUT2D eigenvalue weighted by molar-refractivity contribution is 6.71. The second kappa shape index (κ2) is 10.4. The van der Waals surface area contributed by atoms with Crippen LogP contribution in [-0.2, 0) is 9.53 Å². The van der Waals surface area contributed by atoms with E-state index in [1.807, 2.05) is 18.0 Å². The number of carbonyl (C=O) groups is 1. The number of rotatable bonds is 10. The van der Waals surface area contributed by atoms with Gasteiger partial charge in [-0.15, -0.1) is 0 Å². The minimum absolute atomic E-state index is 0.0384. The molecule has 5 nitrogen and oxygen atoms in total. The Morgan fingerprint density at radius 1 is 1.19 bits per heavy atom. The molecular formula is C21H41NO4Si. The van der Waals surface area contributed by atoms with Gasteiger partial charge in [0, 0.05) is 12.1 Å². The normalized spacial score (nSPS) is 31.6. The molecule has 2 N–H and O–H groups in total. The largest absolute Gasteiger partial charge is 0.432 e. The van der Waals surface area contributed by atoms with E-state index in [4.69, 9.17) is 4.74 Å². The van der Waals surface area contributed by atoms with Crippen LogP contribution in [0.5, 0.6) is 0 Å². The van der Waals surface area contributed by atoms with Crippen molar-refractivity contribution in [2.45, 2.75) is 109 Å². The maximum atomic E-state index is 12.9. The van der Waals surface area contributed by atoms with E-state index in [2.05, 4.69) is 13.8 Å². The van der Waals surface area contributed by atoms with Crippen molar-refractivity contribution in [3.63, 3.8) is 0 Å². The first-order valence-corrected chi connectivity index (χ1v) is 14.1. The van der Waals surface area contributed by atoms with Gasteiger partial charge < -0.3 is 19.5 Å². The Kier molecular flexibility index (Phi) is 8.78. The second-order valence-corrected chi connectivity index (χ2v) is 13.2. The molecule has 0 unspecified atom stereocenters. The highest BCUT2D eigenvalue weighted by atomic mass is 28.4. The molecular weight excluding hydrogens is 358 g/mol. The highest BCUT2D eigenvalue weighted by Crippen LogP contribution is 2.46. The first-order valence-electron chi connectivity index (χ1n) is 11.1. The second-order valence-electron chi connectivity index (χ2n) is 9.22. The molecule has 5 atom stereocenters. The molecule has 2 rings (SSSR count). The van der Waals surface area contributed by atoms with Gasteiger partial charge in [-0.05, 0) is 38.3 Å². The molecule has 2 fully saturated rings. The Labute approximate surface area is 166 Å². The average molecular weight is 400 g/mol. The summed E-state index contributed by atoms with van der Waals surface area (Å²) in [6.45, 7) is 9.15. The van der Waals surface area contributed by atoms with Crippen LogP contribution in [0, 0.1) is 5.92 Å². The van der Waals surface area contributed by atoms with E-state index in [0.717, 1.165) is 32.2 Å². The monoisotopic (exact) mass is 399 g/mol. The van der Waals surface area contributed by atoms with E-state index in [1.165, 1.54) is 25.7 Å². The van der Waals surface area contributed by atoms with Gasteiger partial charge in [0.1, 0.15) is 0 Å². The smallest absolute Gasteiger partial charge is 0.225 e. The molecule has 27 heavy (non-hydrogen) atoms. The summed E-state index contributed by atoms with van der Waals surface area (Å²) in [5, 5.41) is 9.51. The van der Waals surface area contributed by atoms with Crippen LogP contribution >= 0.6 is 0 Å². The van der Waals surface area contributed by atoms with E-state index >= 15 is 0 Å². The Balaban J connectivity index is 1.97. The van der Waals surface area contributed by atoms with Crippen LogP contribution in [0.2, 0.25) is 18.6 Å². The summed E-state index contributed by atoms with van der Waals surface area (Å²) < 4.78 is 6.38. The quantitative estimate of drug-likeness (QED) is 0.434. The third-order valence-corrected chi connectivity index (χ3v) is 9.12. The lowest BCUT2D eigenvalue weighted by Crippen LogP contribution is -2.43. The molecule has 2 heterocycles. The zero-order valence-corrected chi connectivity index (χ0v) is 18.8. The van der Waals surface area contributed by atoms with Crippen LogP contribution < -0.4 is 0 Å². The van der Waals surface area contributed by atoms with Crippen LogP contribution in [0.1, 0.15) is 71.6 Å². The first-order chi connectivity index (χ1) is 12.8. The highest BCUT2D eigenvalue weighted by Gasteiger charge is 2.50. The van der Waals surface area contributed by atoms with Crippen LogP contribution in [0.4, 0.5) is 0 Å². The molecule has 0 bridgehead atoms. The van der Waals surface area contributed by atoms with Gasteiger partial charge in [0.15, 0.2) is 8.32 Å². The summed E-state index contributed by atoms with van der Waals surface area (Å²) >= 11 is 0. The van der Waals surface area contributed by atoms with Crippen molar-refractivity contribution in [2.24, 2.45) is 5.92 Å². The molecule has 0 saturated carbocycles. The van der Waals surface area contributed by atoms with Crippen molar-refractivity contribution in [3.8, 4) is 0 Å². The predicted octanol–water partition coefficient (Wildman–Crippen LogP) is 3.69. The maximum Gasteiger partial charge on any atom is 0.225 e. The number of unbranched alkanes of at least 4 members (excludes halogenated alkanes) is 4. The van der Waals surface area contributed by atoms with Gasteiger partial charge in [-0.1, -0.05) is 46.0 Å². The Hall–Kier alpha value is -0.433. The number of likely N-dealkylation sites (tertiary alicyclic amines) is 1. The van der Waals surface area contributed by atoms with Gasteiger partial charge in [0.25, 0.3) is 0 Å². The van der Waals surface area contributed by atoms with Crippen molar-refractivity contribution in [1.29, 1.82) is 0 Å². The lowest BCUT2D eigenvalue weighted by Gasteiger charge is -2.31. The van der Waals surface area contributed by atoms with Gasteiger partial charge in [0.05, 0.1) is 31.3 Å². The summed E-state index contributed by atoms with van der Waals surface area (Å²) in [5.41, 5.74) is 0.0947. The van der Waals surface area contributed by atoms with E-state index in [9.17, 15) is 14.7 Å². The van der Waals surface area contributed by atoms with Gasteiger partial charge in [-0.3, -0.25) is 4.79 Å². The Morgan fingerprint density at radius 3 is 2.52 bits per heavy atom. The third-order valence-electron chi connectivity index (χ3n) is 6.59. The number of nitrogens with zero attached hydrogens (tertiary/aromatic N) is 1. The number of aliphatic hydroxyl groups excluding tert-OH is 1. The van der Waals surface area contributed by atoms with Crippen LogP contribution in [0.3, 0.4) is 0 Å². The van der Waals surface area contributed by atoms with Crippen LogP contribution in [0.25, 0.3) is 0 Å². The minimum Gasteiger partial charge on any atom is -0.432 e. The molecule has 1 amide bonds. The van der Waals surface area contributed by atoms with Gasteiger partial charge in [-0.25, -0.2) is 0 Å². The van der Waals surface area contributed by atoms with Crippen molar-refractivity contribution in [2.75, 3.05) is 13.2 Å². The molecule has 0 spiro atoms. The average Bonchev–Trinajstić information content (AvgIpc) is 3.18. The summed E-state index contributed by atoms with van der Waals surface area (Å²) in [6.07, 6.45) is 9.40. The zero-order chi connectivity index (χ0) is 20.0. The lowest BCUT2D eigenvalue weighted by molar-refractivity contribution is -0.135. The number of hydrogen-bond acceptors (Lipinski definition) is 4. The van der Waals surface area contributed by atoms with Gasteiger partial charge >= 0.3 is 0 Å². The summed E-state index contributed by atoms with van der Waals surface area (Å²) in [5.74, 6) is 0.378. The number of ether oxygens (including phenoxy) is 1. The SMILES string of the molecule is CCCCCCC[C@H]1O[C@@H](CC(=O)N2CCC[C@H]2CO)[C@H]([Si](C)(C)O)[C@H]1C. The molecule has 0 aromatic heterocycles. The fraction of sp³-hybridized carbons (Fsp3) is 0.952. The standard InChI is InChI=1S/C21H41NO4Si/c1-5-6-7-8-9-12-18-16(2)21(27(3,4)25)19(26-18)14-20(24)22-13-10-11-17(22)15-23/h16-19,21,23,25H,5-15H2,1-4H3/t16-,17-,18+,19-,21+/m0/s1. The van der Waals surface area contributed by atoms with Crippen molar-refractivity contribution >= 4 is 14.2 Å². The van der Waals surface area contributed by atoms with E-state index in [0.29, 0.717) is 12.3 Å². The Morgan fingerprint density at radius 2 is 1.89 bits per heavy atom. The molecule has 2 aliphatic heterocycles. The molecule has 158 valence electrons. The predicted molar refractivity (Wildman–Crippen MR) is 111 cm³/mol.